The van der Waals surface area contributed by atoms with E-state index in [1.807, 2.05) is 22.6 Å². The third-order valence-electron chi connectivity index (χ3n) is 4.57. The molecule has 35 heavy (non-hydrogen) atoms. The summed E-state index contributed by atoms with van der Waals surface area (Å²) in [6.45, 7) is 3.42. The molecular formula is C23H20ClIN2O7S. The minimum atomic E-state index is -0.638. The number of thioether (sulfide) groups is 1. The minimum absolute atomic E-state index is 0.0114. The molecule has 3 rings (SSSR count). The molecule has 0 bridgehead atoms. The normalized spacial score (nSPS) is 14.4. The average molecular weight is 631 g/mol. The molecule has 0 spiro atoms. The molecule has 1 aliphatic rings. The highest BCUT2D eigenvalue weighted by atomic mass is 127. The van der Waals surface area contributed by atoms with Gasteiger partial charge in [-0.2, -0.15) is 0 Å². The van der Waals surface area contributed by atoms with Crippen LogP contribution in [0.25, 0.3) is 6.08 Å². The SMILES string of the molecule is CCOC(=O)c1cc(NC(=O)CN2C(=O)S/C(=C/c3cc(I)c(O)c(OCC)c3)C2=O)ccc1Cl. The first-order valence-electron chi connectivity index (χ1n) is 10.3. The lowest BCUT2D eigenvalue weighted by molar-refractivity contribution is -0.127. The molecule has 2 aromatic rings. The van der Waals surface area contributed by atoms with E-state index < -0.39 is 29.6 Å². The maximum absolute atomic E-state index is 12.8. The Labute approximate surface area is 223 Å². The number of aromatic hydroxyl groups is 1. The topological polar surface area (TPSA) is 122 Å². The molecule has 1 fully saturated rings. The molecule has 1 aliphatic heterocycles. The fourth-order valence-corrected chi connectivity index (χ4v) is 4.70. The first-order chi connectivity index (χ1) is 16.6. The number of carbonyl (C=O) groups is 4. The third-order valence-corrected chi connectivity index (χ3v) is 6.63. The summed E-state index contributed by atoms with van der Waals surface area (Å²) in [6.07, 6.45) is 1.50. The Morgan fingerprint density at radius 1 is 1.20 bits per heavy atom. The van der Waals surface area contributed by atoms with Gasteiger partial charge < -0.3 is 19.9 Å². The van der Waals surface area contributed by atoms with Crippen molar-refractivity contribution in [1.82, 2.24) is 4.90 Å². The highest BCUT2D eigenvalue weighted by Crippen LogP contribution is 2.36. The molecule has 0 unspecified atom stereocenters. The Hall–Kier alpha value is -2.77. The minimum Gasteiger partial charge on any atom is -0.504 e. The molecule has 3 amide bonds. The van der Waals surface area contributed by atoms with Crippen LogP contribution >= 0.6 is 46.0 Å². The van der Waals surface area contributed by atoms with Crippen LogP contribution in [-0.4, -0.2) is 52.8 Å². The number of benzene rings is 2. The van der Waals surface area contributed by atoms with Crippen LogP contribution in [0.2, 0.25) is 5.02 Å². The van der Waals surface area contributed by atoms with E-state index >= 15 is 0 Å². The van der Waals surface area contributed by atoms with Crippen molar-refractivity contribution in [3.05, 3.63) is 55.0 Å². The van der Waals surface area contributed by atoms with Gasteiger partial charge >= 0.3 is 5.97 Å². The highest BCUT2D eigenvalue weighted by molar-refractivity contribution is 14.1. The van der Waals surface area contributed by atoms with Crippen molar-refractivity contribution in [1.29, 1.82) is 0 Å². The zero-order valence-electron chi connectivity index (χ0n) is 18.6. The van der Waals surface area contributed by atoms with Crippen LogP contribution in [0.15, 0.2) is 35.2 Å². The molecule has 1 heterocycles. The molecule has 0 aliphatic carbocycles. The second-order valence-corrected chi connectivity index (χ2v) is 9.58. The number of amides is 3. The highest BCUT2D eigenvalue weighted by Gasteiger charge is 2.36. The molecule has 9 nitrogen and oxygen atoms in total. The molecule has 12 heteroatoms. The summed E-state index contributed by atoms with van der Waals surface area (Å²) in [6, 6.07) is 7.47. The predicted molar refractivity (Wildman–Crippen MR) is 141 cm³/mol. The van der Waals surface area contributed by atoms with Crippen LogP contribution in [0.4, 0.5) is 10.5 Å². The Bertz CT molecular complexity index is 1230. The largest absolute Gasteiger partial charge is 0.504 e. The van der Waals surface area contributed by atoms with E-state index in [2.05, 4.69) is 5.32 Å². The van der Waals surface area contributed by atoms with Gasteiger partial charge in [0.05, 0.1) is 32.3 Å². The van der Waals surface area contributed by atoms with Gasteiger partial charge in [-0.15, -0.1) is 0 Å². The number of imide groups is 1. The molecule has 0 aromatic heterocycles. The maximum atomic E-state index is 12.8. The molecule has 2 N–H and O–H groups in total. The molecule has 2 aromatic carbocycles. The van der Waals surface area contributed by atoms with Crippen molar-refractivity contribution < 1.29 is 33.8 Å². The summed E-state index contributed by atoms with van der Waals surface area (Å²) in [7, 11) is 0. The van der Waals surface area contributed by atoms with Crippen molar-refractivity contribution >= 4 is 80.7 Å². The number of nitrogens with zero attached hydrogens (tertiary/aromatic N) is 1. The van der Waals surface area contributed by atoms with Gasteiger partial charge in [0.15, 0.2) is 11.5 Å². The number of anilines is 1. The van der Waals surface area contributed by atoms with E-state index in [4.69, 9.17) is 21.1 Å². The van der Waals surface area contributed by atoms with Crippen molar-refractivity contribution in [2.24, 2.45) is 0 Å². The van der Waals surface area contributed by atoms with E-state index in [0.717, 1.165) is 4.90 Å². The molecular weight excluding hydrogens is 611 g/mol. The molecule has 0 saturated carbocycles. The van der Waals surface area contributed by atoms with E-state index in [-0.39, 0.29) is 39.3 Å². The van der Waals surface area contributed by atoms with Gasteiger partial charge in [-0.3, -0.25) is 19.3 Å². The van der Waals surface area contributed by atoms with E-state index in [1.165, 1.54) is 24.3 Å². The number of rotatable bonds is 8. The van der Waals surface area contributed by atoms with Gasteiger partial charge in [0, 0.05) is 5.69 Å². The summed E-state index contributed by atoms with van der Waals surface area (Å²) >= 11 is 8.66. The summed E-state index contributed by atoms with van der Waals surface area (Å²) < 4.78 is 10.9. The lowest BCUT2D eigenvalue weighted by atomic mass is 10.2. The quantitative estimate of drug-likeness (QED) is 0.240. The lowest BCUT2D eigenvalue weighted by Gasteiger charge is -2.13. The van der Waals surface area contributed by atoms with Crippen LogP contribution in [0.3, 0.4) is 0 Å². The van der Waals surface area contributed by atoms with Gasteiger partial charge in [0.2, 0.25) is 5.91 Å². The molecule has 184 valence electrons. The van der Waals surface area contributed by atoms with Gasteiger partial charge in [-0.1, -0.05) is 11.6 Å². The van der Waals surface area contributed by atoms with Crippen LogP contribution < -0.4 is 10.1 Å². The van der Waals surface area contributed by atoms with E-state index in [9.17, 15) is 24.3 Å². The summed E-state index contributed by atoms with van der Waals surface area (Å²) in [5.41, 5.74) is 0.890. The number of esters is 1. The number of halogens is 2. The number of nitrogens with one attached hydrogen (secondary N) is 1. The number of hydrogen-bond acceptors (Lipinski definition) is 8. The second kappa shape index (κ2) is 11.8. The summed E-state index contributed by atoms with van der Waals surface area (Å²) in [5.74, 6) is -1.65. The molecule has 0 radical (unpaired) electrons. The monoisotopic (exact) mass is 630 g/mol. The standard InChI is InChI=1S/C23H20ClIN2O7S/c1-3-33-17-8-12(7-16(25)20(17)29)9-18-21(30)27(23(32)35-18)11-19(28)26-13-5-6-15(24)14(10-13)22(31)34-4-2/h5-10,29H,3-4,11H2,1-2H3,(H,26,28)/b18-9+. The lowest BCUT2D eigenvalue weighted by Crippen LogP contribution is -2.36. The first-order valence-corrected chi connectivity index (χ1v) is 12.6. The van der Waals surface area contributed by atoms with Crippen LogP contribution in [0.1, 0.15) is 29.8 Å². The number of carbonyl (C=O) groups excluding carboxylic acids is 4. The Morgan fingerprint density at radius 3 is 2.63 bits per heavy atom. The third kappa shape index (κ3) is 6.47. The zero-order valence-corrected chi connectivity index (χ0v) is 22.3. The van der Waals surface area contributed by atoms with Crippen molar-refractivity contribution in [2.45, 2.75) is 13.8 Å². The maximum Gasteiger partial charge on any atom is 0.339 e. The fraction of sp³-hybridized carbons (Fsp3) is 0.217. The van der Waals surface area contributed by atoms with Crippen molar-refractivity contribution in [3.8, 4) is 11.5 Å². The number of phenols is 1. The van der Waals surface area contributed by atoms with Gasteiger partial charge in [0.1, 0.15) is 6.54 Å². The van der Waals surface area contributed by atoms with E-state index in [0.29, 0.717) is 27.5 Å². The molecule has 1 saturated heterocycles. The van der Waals surface area contributed by atoms with Crippen LogP contribution in [-0.2, 0) is 14.3 Å². The zero-order chi connectivity index (χ0) is 25.7. The van der Waals surface area contributed by atoms with Crippen LogP contribution in [0, 0.1) is 3.57 Å². The molecule has 0 atom stereocenters. The smallest absolute Gasteiger partial charge is 0.339 e. The Morgan fingerprint density at radius 2 is 1.94 bits per heavy atom. The van der Waals surface area contributed by atoms with Crippen molar-refractivity contribution in [2.75, 3.05) is 25.1 Å². The Kier molecular flexibility index (Phi) is 9.03. The van der Waals surface area contributed by atoms with E-state index in [1.54, 1.807) is 26.0 Å². The Balaban J connectivity index is 1.73. The fourth-order valence-electron chi connectivity index (χ4n) is 3.04. The number of ether oxygens (including phenoxy) is 2. The number of phenolic OH excluding ortho intramolecular Hbond substituents is 1. The van der Waals surface area contributed by atoms with Gasteiger partial charge in [-0.25, -0.2) is 4.79 Å². The average Bonchev–Trinajstić information content (AvgIpc) is 3.06. The summed E-state index contributed by atoms with van der Waals surface area (Å²) in [5, 5.41) is 12.2. The second-order valence-electron chi connectivity index (χ2n) is 7.01. The van der Waals surface area contributed by atoms with Crippen LogP contribution in [0.5, 0.6) is 11.5 Å². The van der Waals surface area contributed by atoms with Gasteiger partial charge in [0.25, 0.3) is 11.1 Å². The number of hydrogen-bond donors (Lipinski definition) is 2. The first kappa shape index (κ1) is 26.8. The van der Waals surface area contributed by atoms with Crippen molar-refractivity contribution in [3.63, 3.8) is 0 Å². The summed E-state index contributed by atoms with van der Waals surface area (Å²) in [4.78, 5) is 50.7. The van der Waals surface area contributed by atoms with Gasteiger partial charge in [-0.05, 0) is 90.2 Å². The predicted octanol–water partition coefficient (Wildman–Crippen LogP) is 4.90.